The molecular formula is C17H26ClNO4. The Hall–Kier alpha value is -0.850. The van der Waals surface area contributed by atoms with Crippen molar-refractivity contribution >= 4 is 11.6 Å². The van der Waals surface area contributed by atoms with Crippen LogP contribution in [0, 0.1) is 0 Å². The predicted octanol–water partition coefficient (Wildman–Crippen LogP) is 2.21. The van der Waals surface area contributed by atoms with Crippen LogP contribution in [0.5, 0.6) is 5.75 Å². The fourth-order valence-electron chi connectivity index (χ4n) is 2.49. The van der Waals surface area contributed by atoms with E-state index in [1.54, 1.807) is 6.07 Å². The molecule has 5 nitrogen and oxygen atoms in total. The van der Waals surface area contributed by atoms with E-state index in [0.717, 1.165) is 31.7 Å². The number of benzene rings is 1. The topological polar surface area (TPSA) is 51.2 Å². The monoisotopic (exact) mass is 343 g/mol. The maximum atomic E-state index is 9.98. The number of halogens is 1. The molecule has 0 spiro atoms. The molecule has 1 fully saturated rings. The minimum Gasteiger partial charge on any atom is -0.492 e. The lowest BCUT2D eigenvalue weighted by molar-refractivity contribution is -0.0239. The number of aliphatic hydroxyl groups excluding tert-OH is 1. The molecule has 0 bridgehead atoms. The smallest absolute Gasteiger partial charge is 0.120 e. The summed E-state index contributed by atoms with van der Waals surface area (Å²) in [7, 11) is 1.95. The molecule has 2 atom stereocenters. The Morgan fingerprint density at radius 3 is 3.09 bits per heavy atom. The highest BCUT2D eigenvalue weighted by atomic mass is 35.5. The molecule has 23 heavy (non-hydrogen) atoms. The highest BCUT2D eigenvalue weighted by Gasteiger charge is 2.16. The van der Waals surface area contributed by atoms with Crippen LogP contribution in [-0.2, 0) is 9.47 Å². The van der Waals surface area contributed by atoms with Crippen molar-refractivity contribution in [2.75, 3.05) is 46.6 Å². The molecule has 0 saturated carbocycles. The van der Waals surface area contributed by atoms with E-state index in [9.17, 15) is 5.11 Å². The van der Waals surface area contributed by atoms with Crippen LogP contribution in [0.1, 0.15) is 12.8 Å². The highest BCUT2D eigenvalue weighted by molar-refractivity contribution is 6.30. The van der Waals surface area contributed by atoms with Gasteiger partial charge in [0.05, 0.1) is 25.4 Å². The van der Waals surface area contributed by atoms with Gasteiger partial charge in [-0.25, -0.2) is 0 Å². The van der Waals surface area contributed by atoms with Crippen molar-refractivity contribution in [2.24, 2.45) is 0 Å². The van der Waals surface area contributed by atoms with Crippen LogP contribution in [0.4, 0.5) is 0 Å². The maximum absolute atomic E-state index is 9.98. The second-order valence-corrected chi connectivity index (χ2v) is 6.33. The zero-order valence-electron chi connectivity index (χ0n) is 13.6. The van der Waals surface area contributed by atoms with Crippen molar-refractivity contribution in [3.05, 3.63) is 29.3 Å². The lowest BCUT2D eigenvalue weighted by Crippen LogP contribution is -2.35. The van der Waals surface area contributed by atoms with Gasteiger partial charge in [0.1, 0.15) is 12.4 Å². The number of aliphatic hydroxyl groups is 1. The van der Waals surface area contributed by atoms with Crippen LogP contribution in [0.15, 0.2) is 24.3 Å². The normalized spacial score (nSPS) is 19.2. The number of likely N-dealkylation sites (N-methyl/N-ethyl adjacent to an activating group) is 1. The van der Waals surface area contributed by atoms with Crippen LogP contribution in [0.2, 0.25) is 5.02 Å². The quantitative estimate of drug-likeness (QED) is 0.706. The fourth-order valence-corrected chi connectivity index (χ4v) is 2.67. The molecule has 2 unspecified atom stereocenters. The van der Waals surface area contributed by atoms with E-state index in [2.05, 4.69) is 0 Å². The van der Waals surface area contributed by atoms with Gasteiger partial charge in [0.2, 0.25) is 0 Å². The Labute approximate surface area is 143 Å². The van der Waals surface area contributed by atoms with Crippen molar-refractivity contribution in [3.8, 4) is 5.75 Å². The molecule has 1 aromatic carbocycles. The second-order valence-electron chi connectivity index (χ2n) is 5.89. The van der Waals surface area contributed by atoms with Gasteiger partial charge in [-0.15, -0.1) is 0 Å². The van der Waals surface area contributed by atoms with Crippen LogP contribution < -0.4 is 4.74 Å². The summed E-state index contributed by atoms with van der Waals surface area (Å²) in [4.78, 5) is 2.02. The largest absolute Gasteiger partial charge is 0.492 e. The van der Waals surface area contributed by atoms with E-state index in [0.29, 0.717) is 31.4 Å². The molecule has 1 aliphatic rings. The average molecular weight is 344 g/mol. The zero-order chi connectivity index (χ0) is 16.5. The summed E-state index contributed by atoms with van der Waals surface area (Å²) in [6.07, 6.45) is 1.85. The van der Waals surface area contributed by atoms with Crippen molar-refractivity contribution in [3.63, 3.8) is 0 Å². The minimum atomic E-state index is -0.507. The molecule has 6 heteroatoms. The van der Waals surface area contributed by atoms with Gasteiger partial charge in [0.25, 0.3) is 0 Å². The molecular weight excluding hydrogens is 318 g/mol. The van der Waals surface area contributed by atoms with E-state index in [-0.39, 0.29) is 6.10 Å². The molecule has 1 aliphatic heterocycles. The molecule has 0 aliphatic carbocycles. The Morgan fingerprint density at radius 2 is 2.35 bits per heavy atom. The predicted molar refractivity (Wildman–Crippen MR) is 90.2 cm³/mol. The van der Waals surface area contributed by atoms with Crippen molar-refractivity contribution in [1.82, 2.24) is 4.90 Å². The number of rotatable bonds is 10. The molecule has 1 heterocycles. The van der Waals surface area contributed by atoms with Crippen molar-refractivity contribution < 1.29 is 19.3 Å². The van der Waals surface area contributed by atoms with Gasteiger partial charge in [0.15, 0.2) is 0 Å². The third kappa shape index (κ3) is 7.50. The SMILES string of the molecule is CN(CCOc1cccc(Cl)c1)CC(O)COCC1CCCO1. The van der Waals surface area contributed by atoms with Gasteiger partial charge in [-0.05, 0) is 38.1 Å². The summed E-state index contributed by atoms with van der Waals surface area (Å²) in [5.74, 6) is 0.756. The van der Waals surface area contributed by atoms with Crippen LogP contribution in [-0.4, -0.2) is 68.8 Å². The molecule has 1 aromatic rings. The van der Waals surface area contributed by atoms with E-state index < -0.39 is 6.10 Å². The van der Waals surface area contributed by atoms with E-state index >= 15 is 0 Å². The van der Waals surface area contributed by atoms with Gasteiger partial charge >= 0.3 is 0 Å². The van der Waals surface area contributed by atoms with Gasteiger partial charge in [-0.2, -0.15) is 0 Å². The maximum Gasteiger partial charge on any atom is 0.120 e. The van der Waals surface area contributed by atoms with Crippen LogP contribution >= 0.6 is 11.6 Å². The van der Waals surface area contributed by atoms with Crippen LogP contribution in [0.25, 0.3) is 0 Å². The fraction of sp³-hybridized carbons (Fsp3) is 0.647. The summed E-state index contributed by atoms with van der Waals surface area (Å²) in [6, 6.07) is 7.33. The second kappa shape index (κ2) is 10.1. The first-order valence-electron chi connectivity index (χ1n) is 8.08. The summed E-state index contributed by atoms with van der Waals surface area (Å²) < 4.78 is 16.6. The van der Waals surface area contributed by atoms with Crippen molar-refractivity contribution in [1.29, 1.82) is 0 Å². The molecule has 130 valence electrons. The summed E-state index contributed by atoms with van der Waals surface area (Å²) in [6.45, 7) is 3.53. The minimum absolute atomic E-state index is 0.200. The Bertz CT molecular complexity index is 454. The molecule has 2 rings (SSSR count). The molecule has 0 amide bonds. The lowest BCUT2D eigenvalue weighted by atomic mass is 10.2. The molecule has 1 saturated heterocycles. The third-order valence-corrected chi connectivity index (χ3v) is 3.93. The summed E-state index contributed by atoms with van der Waals surface area (Å²) in [5.41, 5.74) is 0. The first kappa shape index (κ1) is 18.5. The van der Waals surface area contributed by atoms with E-state index in [4.69, 9.17) is 25.8 Å². The zero-order valence-corrected chi connectivity index (χ0v) is 14.4. The Balaban J connectivity index is 1.53. The van der Waals surface area contributed by atoms with Crippen molar-refractivity contribution in [2.45, 2.75) is 25.0 Å². The number of nitrogens with zero attached hydrogens (tertiary/aromatic N) is 1. The highest BCUT2D eigenvalue weighted by Crippen LogP contribution is 2.17. The van der Waals surface area contributed by atoms with E-state index in [1.807, 2.05) is 30.1 Å². The molecule has 1 N–H and O–H groups in total. The Morgan fingerprint density at radius 1 is 1.48 bits per heavy atom. The number of hydrogen-bond acceptors (Lipinski definition) is 5. The first-order chi connectivity index (χ1) is 11.1. The summed E-state index contributed by atoms with van der Waals surface area (Å²) >= 11 is 5.90. The number of ether oxygens (including phenoxy) is 3. The Kier molecular flexibility index (Phi) is 8.12. The molecule has 0 aromatic heterocycles. The van der Waals surface area contributed by atoms with Gasteiger partial charge in [0, 0.05) is 24.7 Å². The van der Waals surface area contributed by atoms with Gasteiger partial charge in [-0.1, -0.05) is 17.7 Å². The standard InChI is InChI=1S/C17H26ClNO4/c1-19(7-9-23-16-5-2-4-14(18)10-16)11-15(20)12-21-13-17-6-3-8-22-17/h2,4-5,10,15,17,20H,3,6-9,11-13H2,1H3. The molecule has 0 radical (unpaired) electrons. The third-order valence-electron chi connectivity index (χ3n) is 3.70. The first-order valence-corrected chi connectivity index (χ1v) is 8.45. The van der Waals surface area contributed by atoms with E-state index in [1.165, 1.54) is 0 Å². The van der Waals surface area contributed by atoms with Crippen LogP contribution in [0.3, 0.4) is 0 Å². The van der Waals surface area contributed by atoms with Gasteiger partial charge < -0.3 is 24.2 Å². The lowest BCUT2D eigenvalue weighted by Gasteiger charge is -2.21. The average Bonchev–Trinajstić information content (AvgIpc) is 3.00. The summed E-state index contributed by atoms with van der Waals surface area (Å²) in [5, 5.41) is 10.6. The van der Waals surface area contributed by atoms with Gasteiger partial charge in [-0.3, -0.25) is 0 Å². The number of hydrogen-bond donors (Lipinski definition) is 1.